The lowest BCUT2D eigenvalue weighted by atomic mass is 10.2. The summed E-state index contributed by atoms with van der Waals surface area (Å²) in [6, 6.07) is 4.45. The number of hydrogen-bond acceptors (Lipinski definition) is 4. The predicted octanol–water partition coefficient (Wildman–Crippen LogP) is 1.40. The number of benzene rings is 1. The zero-order valence-electron chi connectivity index (χ0n) is 8.33. The van der Waals surface area contributed by atoms with Crippen LogP contribution in [0.15, 0.2) is 18.2 Å². The minimum atomic E-state index is -0.585. The van der Waals surface area contributed by atoms with Gasteiger partial charge in [-0.3, -0.25) is 0 Å². The number of nitrogens with two attached hydrogens (primary N) is 1. The molecule has 0 fully saturated rings. The molecule has 0 aliphatic rings. The summed E-state index contributed by atoms with van der Waals surface area (Å²) in [7, 11) is 1.28. The SMILES string of the molecule is COC(=O)c1ccc(OCCF)c(N)c1. The largest absolute Gasteiger partial charge is 0.489 e. The number of rotatable bonds is 4. The van der Waals surface area contributed by atoms with Crippen molar-refractivity contribution in [3.8, 4) is 5.75 Å². The topological polar surface area (TPSA) is 61.5 Å². The van der Waals surface area contributed by atoms with E-state index in [1.165, 1.54) is 25.3 Å². The first kappa shape index (κ1) is 11.3. The van der Waals surface area contributed by atoms with Gasteiger partial charge in [0, 0.05) is 0 Å². The second-order valence-corrected chi connectivity index (χ2v) is 2.78. The van der Waals surface area contributed by atoms with Gasteiger partial charge in [-0.25, -0.2) is 9.18 Å². The van der Waals surface area contributed by atoms with E-state index in [1.54, 1.807) is 0 Å². The minimum absolute atomic E-state index is 0.0538. The second-order valence-electron chi connectivity index (χ2n) is 2.78. The van der Waals surface area contributed by atoms with Gasteiger partial charge >= 0.3 is 5.97 Å². The summed E-state index contributed by atoms with van der Waals surface area (Å²) in [6.45, 7) is -0.639. The van der Waals surface area contributed by atoms with Crippen molar-refractivity contribution in [2.75, 3.05) is 26.1 Å². The van der Waals surface area contributed by atoms with Crippen molar-refractivity contribution in [2.45, 2.75) is 0 Å². The summed E-state index contributed by atoms with van der Waals surface area (Å²) >= 11 is 0. The Labute approximate surface area is 86.8 Å². The number of alkyl halides is 1. The van der Waals surface area contributed by atoms with E-state index in [9.17, 15) is 9.18 Å². The number of nitrogen functional groups attached to an aromatic ring is 1. The quantitative estimate of drug-likeness (QED) is 0.606. The van der Waals surface area contributed by atoms with Crippen LogP contribution < -0.4 is 10.5 Å². The standard InChI is InChI=1S/C10H12FNO3/c1-14-10(13)7-2-3-9(8(12)6-7)15-5-4-11/h2-3,6H,4-5,12H2,1H3. The Morgan fingerprint density at radius 3 is 2.80 bits per heavy atom. The average molecular weight is 213 g/mol. The summed E-state index contributed by atoms with van der Waals surface area (Å²) < 4.78 is 21.4. The molecule has 1 aromatic carbocycles. The van der Waals surface area contributed by atoms with Gasteiger partial charge in [0.2, 0.25) is 0 Å². The highest BCUT2D eigenvalue weighted by Gasteiger charge is 2.08. The molecule has 0 aliphatic carbocycles. The Hall–Kier alpha value is -1.78. The van der Waals surface area contributed by atoms with Gasteiger partial charge in [-0.2, -0.15) is 0 Å². The first-order chi connectivity index (χ1) is 7.19. The third-order valence-corrected chi connectivity index (χ3v) is 1.77. The van der Waals surface area contributed by atoms with Crippen LogP contribution in [0.3, 0.4) is 0 Å². The van der Waals surface area contributed by atoms with E-state index < -0.39 is 12.6 Å². The first-order valence-corrected chi connectivity index (χ1v) is 4.35. The van der Waals surface area contributed by atoms with Crippen LogP contribution in [0.4, 0.5) is 10.1 Å². The van der Waals surface area contributed by atoms with E-state index in [-0.39, 0.29) is 12.3 Å². The maximum Gasteiger partial charge on any atom is 0.337 e. The first-order valence-electron chi connectivity index (χ1n) is 4.35. The normalized spacial score (nSPS) is 9.73. The van der Waals surface area contributed by atoms with E-state index in [2.05, 4.69) is 4.74 Å². The number of esters is 1. The summed E-state index contributed by atoms with van der Waals surface area (Å²) in [5.74, 6) is -0.112. The third-order valence-electron chi connectivity index (χ3n) is 1.77. The summed E-state index contributed by atoms with van der Waals surface area (Å²) in [5, 5.41) is 0. The van der Waals surface area contributed by atoms with E-state index in [4.69, 9.17) is 10.5 Å². The van der Waals surface area contributed by atoms with Crippen molar-refractivity contribution in [3.05, 3.63) is 23.8 Å². The number of carbonyl (C=O) groups is 1. The summed E-state index contributed by atoms with van der Waals surface area (Å²) in [5.41, 5.74) is 6.22. The zero-order chi connectivity index (χ0) is 11.3. The van der Waals surface area contributed by atoms with Crippen molar-refractivity contribution in [3.63, 3.8) is 0 Å². The molecule has 2 N–H and O–H groups in total. The lowest BCUT2D eigenvalue weighted by molar-refractivity contribution is 0.0600. The van der Waals surface area contributed by atoms with Crippen LogP contribution in [0.2, 0.25) is 0 Å². The van der Waals surface area contributed by atoms with Gasteiger partial charge in [0.1, 0.15) is 19.0 Å². The second kappa shape index (κ2) is 5.19. The van der Waals surface area contributed by atoms with Crippen LogP contribution in [-0.4, -0.2) is 26.4 Å². The molecule has 4 nitrogen and oxygen atoms in total. The molecule has 1 aromatic rings. The maximum absolute atomic E-state index is 11.8. The Morgan fingerprint density at radius 1 is 1.53 bits per heavy atom. The lowest BCUT2D eigenvalue weighted by Crippen LogP contribution is -2.05. The monoisotopic (exact) mass is 213 g/mol. The predicted molar refractivity (Wildman–Crippen MR) is 53.7 cm³/mol. The minimum Gasteiger partial charge on any atom is -0.489 e. The van der Waals surface area contributed by atoms with Crippen LogP contribution in [0.1, 0.15) is 10.4 Å². The maximum atomic E-state index is 11.8. The Balaban J connectivity index is 2.83. The summed E-state index contributed by atoms with van der Waals surface area (Å²) in [4.78, 5) is 11.1. The van der Waals surface area contributed by atoms with Gasteiger partial charge in [-0.05, 0) is 18.2 Å². The fourth-order valence-electron chi connectivity index (χ4n) is 1.07. The molecule has 1 rings (SSSR count). The van der Waals surface area contributed by atoms with Crippen molar-refractivity contribution in [1.29, 1.82) is 0 Å². The van der Waals surface area contributed by atoms with Crippen molar-refractivity contribution < 1.29 is 18.7 Å². The molecule has 0 heterocycles. The highest BCUT2D eigenvalue weighted by Crippen LogP contribution is 2.22. The zero-order valence-corrected chi connectivity index (χ0v) is 8.33. The van der Waals surface area contributed by atoms with Crippen LogP contribution >= 0.6 is 0 Å². The number of methoxy groups -OCH3 is 1. The Morgan fingerprint density at radius 2 is 2.27 bits per heavy atom. The van der Waals surface area contributed by atoms with Crippen LogP contribution in [-0.2, 0) is 4.74 Å². The highest BCUT2D eigenvalue weighted by atomic mass is 19.1. The van der Waals surface area contributed by atoms with Gasteiger partial charge in [-0.1, -0.05) is 0 Å². The average Bonchev–Trinajstić information content (AvgIpc) is 2.26. The third kappa shape index (κ3) is 2.83. The number of carbonyl (C=O) groups excluding carboxylic acids is 1. The van der Waals surface area contributed by atoms with Gasteiger partial charge < -0.3 is 15.2 Å². The molecule has 82 valence electrons. The fourth-order valence-corrected chi connectivity index (χ4v) is 1.07. The molecule has 0 unspecified atom stereocenters. The number of anilines is 1. The number of ether oxygens (including phenoxy) is 2. The molecule has 0 bridgehead atoms. The van der Waals surface area contributed by atoms with Crippen molar-refractivity contribution in [1.82, 2.24) is 0 Å². The van der Waals surface area contributed by atoms with Gasteiger partial charge in [-0.15, -0.1) is 0 Å². The van der Waals surface area contributed by atoms with Crippen molar-refractivity contribution in [2.24, 2.45) is 0 Å². The number of halogens is 1. The highest BCUT2D eigenvalue weighted by molar-refractivity contribution is 5.90. The van der Waals surface area contributed by atoms with E-state index >= 15 is 0 Å². The molecule has 0 aliphatic heterocycles. The van der Waals surface area contributed by atoms with Gasteiger partial charge in [0.25, 0.3) is 0 Å². The van der Waals surface area contributed by atoms with E-state index in [0.717, 1.165) is 0 Å². The molecule has 0 saturated carbocycles. The smallest absolute Gasteiger partial charge is 0.337 e. The Kier molecular flexibility index (Phi) is 3.91. The van der Waals surface area contributed by atoms with Gasteiger partial charge in [0.05, 0.1) is 18.4 Å². The number of hydrogen-bond donors (Lipinski definition) is 1. The van der Waals surface area contributed by atoms with Crippen LogP contribution in [0.5, 0.6) is 5.75 Å². The molecule has 0 saturated heterocycles. The van der Waals surface area contributed by atoms with Crippen molar-refractivity contribution >= 4 is 11.7 Å². The lowest BCUT2D eigenvalue weighted by Gasteiger charge is -2.08. The van der Waals surface area contributed by atoms with Gasteiger partial charge in [0.15, 0.2) is 0 Å². The molecular weight excluding hydrogens is 201 g/mol. The Bertz CT molecular complexity index is 355. The van der Waals surface area contributed by atoms with E-state index in [1.807, 2.05) is 0 Å². The molecule has 0 aromatic heterocycles. The molecule has 0 amide bonds. The fraction of sp³-hybridized carbons (Fsp3) is 0.300. The molecule has 5 heteroatoms. The van der Waals surface area contributed by atoms with Crippen LogP contribution in [0.25, 0.3) is 0 Å². The summed E-state index contributed by atoms with van der Waals surface area (Å²) in [6.07, 6.45) is 0. The molecule has 0 spiro atoms. The molecule has 0 radical (unpaired) electrons. The molecular formula is C10H12FNO3. The van der Waals surface area contributed by atoms with E-state index in [0.29, 0.717) is 11.3 Å². The van der Waals surface area contributed by atoms with Crippen LogP contribution in [0, 0.1) is 0 Å². The molecule has 0 atom stereocenters. The molecule has 15 heavy (non-hydrogen) atoms.